The van der Waals surface area contributed by atoms with Crippen LogP contribution in [0.1, 0.15) is 11.1 Å². The third-order valence-corrected chi connectivity index (χ3v) is 3.19. The van der Waals surface area contributed by atoms with Gasteiger partial charge in [-0.2, -0.15) is 9.61 Å². The Bertz CT molecular complexity index is 751. The molecular formula is C16H18N4O. The number of hydrogen-bond acceptors (Lipinski definition) is 4. The van der Waals surface area contributed by atoms with Gasteiger partial charge in [0, 0.05) is 0 Å². The van der Waals surface area contributed by atoms with Crippen molar-refractivity contribution in [3.05, 3.63) is 53.9 Å². The lowest BCUT2D eigenvalue weighted by Crippen LogP contribution is -2.14. The zero-order chi connectivity index (χ0) is 14.7. The zero-order valence-electron chi connectivity index (χ0n) is 12.2. The van der Waals surface area contributed by atoms with Crippen LogP contribution in [0.25, 0.3) is 5.65 Å². The maximum atomic E-state index is 5.72. The minimum atomic E-state index is 0.591. The monoisotopic (exact) mass is 282 g/mol. The predicted molar refractivity (Wildman–Crippen MR) is 82.9 cm³/mol. The molecule has 0 spiro atoms. The second-order valence-corrected chi connectivity index (χ2v) is 5.04. The molecule has 108 valence electrons. The Morgan fingerprint density at radius 2 is 2.05 bits per heavy atom. The summed E-state index contributed by atoms with van der Waals surface area (Å²) >= 11 is 0. The maximum absolute atomic E-state index is 5.72. The van der Waals surface area contributed by atoms with Gasteiger partial charge in [0.1, 0.15) is 24.5 Å². The van der Waals surface area contributed by atoms with Gasteiger partial charge in [-0.05, 0) is 49.2 Å². The van der Waals surface area contributed by atoms with Crippen LogP contribution in [0.5, 0.6) is 5.75 Å². The zero-order valence-corrected chi connectivity index (χ0v) is 12.2. The van der Waals surface area contributed by atoms with Gasteiger partial charge in [-0.15, -0.1) is 0 Å². The Labute approximate surface area is 123 Å². The van der Waals surface area contributed by atoms with Crippen molar-refractivity contribution in [3.8, 4) is 5.75 Å². The minimum Gasteiger partial charge on any atom is -0.492 e. The molecule has 21 heavy (non-hydrogen) atoms. The molecule has 0 fully saturated rings. The number of anilines is 1. The Morgan fingerprint density at radius 3 is 2.90 bits per heavy atom. The average molecular weight is 282 g/mol. The minimum absolute atomic E-state index is 0.591. The van der Waals surface area contributed by atoms with Gasteiger partial charge in [0.25, 0.3) is 0 Å². The Balaban J connectivity index is 1.61. The molecule has 0 amide bonds. The summed E-state index contributed by atoms with van der Waals surface area (Å²) in [5.74, 6) is 1.82. The van der Waals surface area contributed by atoms with Crippen molar-refractivity contribution in [3.63, 3.8) is 0 Å². The first-order chi connectivity index (χ1) is 10.2. The number of fused-ring (bicyclic) bond motifs is 1. The summed E-state index contributed by atoms with van der Waals surface area (Å²) < 4.78 is 7.52. The van der Waals surface area contributed by atoms with Gasteiger partial charge < -0.3 is 10.1 Å². The van der Waals surface area contributed by atoms with Crippen molar-refractivity contribution in [2.75, 3.05) is 18.5 Å². The number of rotatable bonds is 5. The van der Waals surface area contributed by atoms with Crippen LogP contribution in [-0.2, 0) is 0 Å². The van der Waals surface area contributed by atoms with E-state index < -0.39 is 0 Å². The molecule has 3 rings (SSSR count). The molecule has 0 radical (unpaired) electrons. The molecule has 0 atom stereocenters. The van der Waals surface area contributed by atoms with Crippen LogP contribution in [0.15, 0.2) is 42.7 Å². The fraction of sp³-hybridized carbons (Fsp3) is 0.250. The van der Waals surface area contributed by atoms with Crippen molar-refractivity contribution in [1.82, 2.24) is 14.6 Å². The van der Waals surface area contributed by atoms with E-state index in [-0.39, 0.29) is 0 Å². The number of hydrogen-bond donors (Lipinski definition) is 1. The maximum Gasteiger partial charge on any atom is 0.157 e. The Morgan fingerprint density at radius 1 is 1.14 bits per heavy atom. The molecule has 0 saturated carbocycles. The quantitative estimate of drug-likeness (QED) is 0.731. The molecule has 5 nitrogen and oxygen atoms in total. The number of nitrogens with zero attached hydrogens (tertiary/aromatic N) is 3. The highest BCUT2D eigenvalue weighted by Gasteiger charge is 2.03. The molecule has 2 heterocycles. The van der Waals surface area contributed by atoms with Crippen LogP contribution in [0, 0.1) is 13.8 Å². The molecule has 0 aliphatic carbocycles. The van der Waals surface area contributed by atoms with E-state index in [0.717, 1.165) is 22.8 Å². The smallest absolute Gasteiger partial charge is 0.157 e. The Kier molecular flexibility index (Phi) is 3.73. The summed E-state index contributed by atoms with van der Waals surface area (Å²) in [6.07, 6.45) is 1.56. The molecule has 2 aromatic heterocycles. The van der Waals surface area contributed by atoms with E-state index in [4.69, 9.17) is 4.74 Å². The van der Waals surface area contributed by atoms with E-state index in [0.29, 0.717) is 13.2 Å². The van der Waals surface area contributed by atoms with Crippen LogP contribution in [0.2, 0.25) is 0 Å². The number of ether oxygens (including phenoxy) is 1. The number of aryl methyl sites for hydroxylation is 2. The SMILES string of the molecule is Cc1cccc(OCCNc2cc(C)cc3ncnn23)c1. The van der Waals surface area contributed by atoms with E-state index in [9.17, 15) is 0 Å². The summed E-state index contributed by atoms with van der Waals surface area (Å²) in [4.78, 5) is 4.21. The lowest BCUT2D eigenvalue weighted by molar-refractivity contribution is 0.332. The van der Waals surface area contributed by atoms with Crippen LogP contribution in [0.4, 0.5) is 5.82 Å². The van der Waals surface area contributed by atoms with Crippen molar-refractivity contribution in [2.24, 2.45) is 0 Å². The first-order valence-corrected chi connectivity index (χ1v) is 6.96. The summed E-state index contributed by atoms with van der Waals surface area (Å²) in [6.45, 7) is 5.39. The van der Waals surface area contributed by atoms with Gasteiger partial charge in [-0.25, -0.2) is 4.98 Å². The fourth-order valence-electron chi connectivity index (χ4n) is 2.24. The number of nitrogens with one attached hydrogen (secondary N) is 1. The number of pyridine rings is 1. The first-order valence-electron chi connectivity index (χ1n) is 6.96. The summed E-state index contributed by atoms with van der Waals surface area (Å²) in [5, 5.41) is 7.55. The van der Waals surface area contributed by atoms with Gasteiger partial charge in [0.2, 0.25) is 0 Å². The molecular weight excluding hydrogens is 264 g/mol. The lowest BCUT2D eigenvalue weighted by Gasteiger charge is -2.10. The first kappa shape index (κ1) is 13.4. The Hall–Kier alpha value is -2.56. The second kappa shape index (κ2) is 5.83. The molecule has 3 aromatic rings. The third-order valence-electron chi connectivity index (χ3n) is 3.19. The van der Waals surface area contributed by atoms with E-state index >= 15 is 0 Å². The lowest BCUT2D eigenvalue weighted by atomic mass is 10.2. The highest BCUT2D eigenvalue weighted by molar-refractivity contribution is 5.51. The largest absolute Gasteiger partial charge is 0.492 e. The summed E-state index contributed by atoms with van der Waals surface area (Å²) in [5.41, 5.74) is 3.19. The van der Waals surface area contributed by atoms with E-state index in [2.05, 4.69) is 28.4 Å². The molecule has 0 bridgehead atoms. The molecule has 0 unspecified atom stereocenters. The molecule has 1 N–H and O–H groups in total. The normalized spacial score (nSPS) is 10.8. The molecule has 0 aliphatic rings. The number of benzene rings is 1. The highest BCUT2D eigenvalue weighted by Crippen LogP contribution is 2.14. The topological polar surface area (TPSA) is 51.5 Å². The van der Waals surface area contributed by atoms with Gasteiger partial charge >= 0.3 is 0 Å². The highest BCUT2D eigenvalue weighted by atomic mass is 16.5. The molecule has 0 saturated heterocycles. The third kappa shape index (κ3) is 3.13. The molecule has 1 aromatic carbocycles. The van der Waals surface area contributed by atoms with Crippen molar-refractivity contribution in [1.29, 1.82) is 0 Å². The van der Waals surface area contributed by atoms with Gasteiger partial charge in [-0.3, -0.25) is 0 Å². The second-order valence-electron chi connectivity index (χ2n) is 5.04. The fourth-order valence-corrected chi connectivity index (χ4v) is 2.24. The molecule has 0 aliphatic heterocycles. The average Bonchev–Trinajstić information content (AvgIpc) is 2.91. The summed E-state index contributed by atoms with van der Waals surface area (Å²) in [6, 6.07) is 12.1. The van der Waals surface area contributed by atoms with Crippen LogP contribution < -0.4 is 10.1 Å². The van der Waals surface area contributed by atoms with Crippen molar-refractivity contribution < 1.29 is 4.74 Å². The van der Waals surface area contributed by atoms with Crippen LogP contribution in [0.3, 0.4) is 0 Å². The van der Waals surface area contributed by atoms with Crippen molar-refractivity contribution in [2.45, 2.75) is 13.8 Å². The van der Waals surface area contributed by atoms with Crippen molar-refractivity contribution >= 4 is 11.5 Å². The molecule has 5 heteroatoms. The van der Waals surface area contributed by atoms with Crippen LogP contribution in [-0.4, -0.2) is 27.7 Å². The van der Waals surface area contributed by atoms with Gasteiger partial charge in [-0.1, -0.05) is 12.1 Å². The van der Waals surface area contributed by atoms with E-state index in [1.165, 1.54) is 5.56 Å². The predicted octanol–water partition coefficient (Wildman–Crippen LogP) is 2.84. The van der Waals surface area contributed by atoms with E-state index in [1.54, 1.807) is 10.8 Å². The summed E-state index contributed by atoms with van der Waals surface area (Å²) in [7, 11) is 0. The van der Waals surface area contributed by atoms with Gasteiger partial charge in [0.05, 0.1) is 6.54 Å². The standard InChI is InChI=1S/C16H18N4O/c1-12-4-3-5-14(8-12)21-7-6-17-15-9-13(2)10-16-18-11-19-20(15)16/h3-5,8-11,17H,6-7H2,1-2H3. The van der Waals surface area contributed by atoms with Crippen LogP contribution >= 0.6 is 0 Å². The number of aromatic nitrogens is 3. The van der Waals surface area contributed by atoms with E-state index in [1.807, 2.05) is 37.3 Å². The van der Waals surface area contributed by atoms with Gasteiger partial charge in [0.15, 0.2) is 5.65 Å².